The van der Waals surface area contributed by atoms with Gasteiger partial charge in [0.05, 0.1) is 5.25 Å². The largest absolute Gasteiger partial charge is 0.302 e. The Morgan fingerprint density at radius 3 is 2.52 bits per heavy atom. The van der Waals surface area contributed by atoms with E-state index in [4.69, 9.17) is 0 Å². The average molecular weight is 357 g/mol. The van der Waals surface area contributed by atoms with Gasteiger partial charge in [-0.1, -0.05) is 25.3 Å². The Bertz CT molecular complexity index is 557. The number of piperidine rings is 1. The highest BCUT2D eigenvalue weighted by Crippen LogP contribution is 2.30. The molecule has 6 heteroatoms. The molecular formula is C17H28N2O2S2. The van der Waals surface area contributed by atoms with Gasteiger partial charge < -0.3 is 4.90 Å². The van der Waals surface area contributed by atoms with E-state index in [0.717, 1.165) is 45.3 Å². The molecule has 2 fully saturated rings. The molecule has 1 aliphatic heterocycles. The molecule has 3 rings (SSSR count). The summed E-state index contributed by atoms with van der Waals surface area (Å²) in [4.78, 5) is 3.90. The molecule has 1 saturated heterocycles. The summed E-state index contributed by atoms with van der Waals surface area (Å²) in [6, 6.07) is 4.37. The Balaban J connectivity index is 1.38. The SMILES string of the molecule is O=S(=O)(NCCN1CCC(c2cccs2)CC1)C1CCCCC1. The quantitative estimate of drug-likeness (QED) is 0.852. The van der Waals surface area contributed by atoms with Crippen LogP contribution in [-0.4, -0.2) is 44.7 Å². The van der Waals surface area contributed by atoms with Crippen LogP contribution in [0.4, 0.5) is 0 Å². The Kier molecular flexibility index (Phi) is 6.13. The van der Waals surface area contributed by atoms with Gasteiger partial charge >= 0.3 is 0 Å². The lowest BCUT2D eigenvalue weighted by atomic mass is 9.95. The van der Waals surface area contributed by atoms with Gasteiger partial charge in [0.1, 0.15) is 0 Å². The molecule has 0 amide bonds. The highest BCUT2D eigenvalue weighted by atomic mass is 32.2. The van der Waals surface area contributed by atoms with E-state index in [-0.39, 0.29) is 5.25 Å². The number of hydrogen-bond donors (Lipinski definition) is 1. The number of thiophene rings is 1. The van der Waals surface area contributed by atoms with Crippen LogP contribution in [0.15, 0.2) is 17.5 Å². The zero-order valence-corrected chi connectivity index (χ0v) is 15.4. The third-order valence-corrected chi connectivity index (χ3v) is 8.25. The number of hydrogen-bond acceptors (Lipinski definition) is 4. The van der Waals surface area contributed by atoms with Gasteiger partial charge in [0.2, 0.25) is 10.0 Å². The van der Waals surface area contributed by atoms with Gasteiger partial charge in [0.25, 0.3) is 0 Å². The van der Waals surface area contributed by atoms with E-state index in [0.29, 0.717) is 12.5 Å². The second-order valence-electron chi connectivity index (χ2n) is 6.83. The van der Waals surface area contributed by atoms with Gasteiger partial charge in [0.15, 0.2) is 0 Å². The predicted molar refractivity (Wildman–Crippen MR) is 96.5 cm³/mol. The van der Waals surface area contributed by atoms with Crippen LogP contribution in [0.2, 0.25) is 0 Å². The van der Waals surface area contributed by atoms with Crippen molar-refractivity contribution in [2.24, 2.45) is 0 Å². The fourth-order valence-electron chi connectivity index (χ4n) is 3.80. The first kappa shape index (κ1) is 17.4. The van der Waals surface area contributed by atoms with Crippen molar-refractivity contribution in [3.8, 4) is 0 Å². The Morgan fingerprint density at radius 1 is 1.13 bits per heavy atom. The molecule has 2 heterocycles. The molecular weight excluding hydrogens is 328 g/mol. The highest BCUT2D eigenvalue weighted by Gasteiger charge is 2.27. The smallest absolute Gasteiger partial charge is 0.214 e. The molecule has 0 unspecified atom stereocenters. The van der Waals surface area contributed by atoms with E-state index in [1.54, 1.807) is 0 Å². The van der Waals surface area contributed by atoms with E-state index < -0.39 is 10.0 Å². The van der Waals surface area contributed by atoms with Crippen molar-refractivity contribution < 1.29 is 8.42 Å². The predicted octanol–water partition coefficient (Wildman–Crippen LogP) is 3.18. The van der Waals surface area contributed by atoms with Crippen LogP contribution < -0.4 is 4.72 Å². The number of nitrogens with one attached hydrogen (secondary N) is 1. The minimum atomic E-state index is -3.11. The molecule has 0 radical (unpaired) electrons. The van der Waals surface area contributed by atoms with Crippen LogP contribution in [-0.2, 0) is 10.0 Å². The molecule has 0 aromatic carbocycles. The zero-order chi connectivity index (χ0) is 16.1. The molecule has 2 aliphatic rings. The number of likely N-dealkylation sites (tertiary alicyclic amines) is 1. The minimum Gasteiger partial charge on any atom is -0.302 e. The number of rotatable bonds is 6. The first-order chi connectivity index (χ1) is 11.1. The van der Waals surface area contributed by atoms with E-state index in [9.17, 15) is 8.42 Å². The van der Waals surface area contributed by atoms with Crippen molar-refractivity contribution in [3.05, 3.63) is 22.4 Å². The minimum absolute atomic E-state index is 0.152. The maximum atomic E-state index is 12.3. The Morgan fingerprint density at radius 2 is 1.87 bits per heavy atom. The Hall–Kier alpha value is -0.430. The molecule has 1 N–H and O–H groups in total. The maximum absolute atomic E-state index is 12.3. The molecule has 1 aromatic rings. The standard InChI is InChI=1S/C17H28N2O2S2/c20-23(21,16-5-2-1-3-6-16)18-10-13-19-11-8-15(9-12-19)17-7-4-14-22-17/h4,7,14-16,18H,1-3,5-6,8-13H2. The molecule has 130 valence electrons. The fourth-order valence-corrected chi connectivity index (χ4v) is 6.27. The fraction of sp³-hybridized carbons (Fsp3) is 0.765. The molecule has 0 bridgehead atoms. The average Bonchev–Trinajstić information content (AvgIpc) is 3.11. The van der Waals surface area contributed by atoms with Crippen molar-refractivity contribution in [3.63, 3.8) is 0 Å². The van der Waals surface area contributed by atoms with Crippen LogP contribution in [0.3, 0.4) is 0 Å². The lowest BCUT2D eigenvalue weighted by molar-refractivity contribution is 0.217. The summed E-state index contributed by atoms with van der Waals surface area (Å²) < 4.78 is 27.5. The lowest BCUT2D eigenvalue weighted by Gasteiger charge is -2.31. The van der Waals surface area contributed by atoms with Gasteiger partial charge in [-0.25, -0.2) is 13.1 Å². The molecule has 1 aromatic heterocycles. The van der Waals surface area contributed by atoms with Crippen molar-refractivity contribution in [1.29, 1.82) is 0 Å². The summed E-state index contributed by atoms with van der Waals surface area (Å²) in [5.74, 6) is 0.699. The zero-order valence-electron chi connectivity index (χ0n) is 13.7. The second-order valence-corrected chi connectivity index (χ2v) is 9.86. The second kappa shape index (κ2) is 8.10. The summed E-state index contributed by atoms with van der Waals surface area (Å²) in [5, 5.41) is 2.00. The molecule has 0 spiro atoms. The van der Waals surface area contributed by atoms with E-state index >= 15 is 0 Å². The van der Waals surface area contributed by atoms with Crippen LogP contribution in [0.25, 0.3) is 0 Å². The molecule has 1 saturated carbocycles. The number of nitrogens with zero attached hydrogens (tertiary/aromatic N) is 1. The van der Waals surface area contributed by atoms with Crippen LogP contribution >= 0.6 is 11.3 Å². The van der Waals surface area contributed by atoms with Gasteiger partial charge in [-0.2, -0.15) is 0 Å². The highest BCUT2D eigenvalue weighted by molar-refractivity contribution is 7.90. The molecule has 23 heavy (non-hydrogen) atoms. The van der Waals surface area contributed by atoms with Gasteiger partial charge in [0, 0.05) is 18.0 Å². The van der Waals surface area contributed by atoms with Gasteiger partial charge in [-0.15, -0.1) is 11.3 Å². The monoisotopic (exact) mass is 356 g/mol. The topological polar surface area (TPSA) is 49.4 Å². The third-order valence-electron chi connectivity index (χ3n) is 5.26. The van der Waals surface area contributed by atoms with Gasteiger partial charge in [-0.3, -0.25) is 0 Å². The summed E-state index contributed by atoms with van der Waals surface area (Å²) in [6.07, 6.45) is 7.35. The van der Waals surface area contributed by atoms with Crippen LogP contribution in [0.5, 0.6) is 0 Å². The molecule has 4 nitrogen and oxygen atoms in total. The van der Waals surface area contributed by atoms with E-state index in [1.807, 2.05) is 11.3 Å². The van der Waals surface area contributed by atoms with Crippen molar-refractivity contribution in [1.82, 2.24) is 9.62 Å². The van der Waals surface area contributed by atoms with E-state index in [2.05, 4.69) is 27.1 Å². The Labute approximate surface area is 144 Å². The third kappa shape index (κ3) is 4.78. The van der Waals surface area contributed by atoms with Crippen LogP contribution in [0, 0.1) is 0 Å². The van der Waals surface area contributed by atoms with E-state index in [1.165, 1.54) is 24.1 Å². The van der Waals surface area contributed by atoms with Crippen molar-refractivity contribution in [2.75, 3.05) is 26.2 Å². The number of sulfonamides is 1. The summed E-state index contributed by atoms with van der Waals surface area (Å²) in [5.41, 5.74) is 0. The van der Waals surface area contributed by atoms with Crippen LogP contribution in [0.1, 0.15) is 55.7 Å². The van der Waals surface area contributed by atoms with Crippen molar-refractivity contribution >= 4 is 21.4 Å². The van der Waals surface area contributed by atoms with Crippen molar-refractivity contribution in [2.45, 2.75) is 56.1 Å². The first-order valence-corrected chi connectivity index (χ1v) is 11.3. The maximum Gasteiger partial charge on any atom is 0.214 e. The summed E-state index contributed by atoms with van der Waals surface area (Å²) in [7, 11) is -3.11. The van der Waals surface area contributed by atoms with Gasteiger partial charge in [-0.05, 0) is 56.1 Å². The summed E-state index contributed by atoms with van der Waals surface area (Å²) in [6.45, 7) is 3.55. The molecule has 1 aliphatic carbocycles. The molecule has 0 atom stereocenters. The lowest BCUT2D eigenvalue weighted by Crippen LogP contribution is -2.42. The first-order valence-electron chi connectivity index (χ1n) is 8.89. The summed E-state index contributed by atoms with van der Waals surface area (Å²) >= 11 is 1.86. The normalized spacial score (nSPS) is 22.4.